The summed E-state index contributed by atoms with van der Waals surface area (Å²) >= 11 is 0. The molecule has 5 heteroatoms. The van der Waals surface area contributed by atoms with Crippen LogP contribution in [0.4, 0.5) is 0 Å². The minimum Gasteiger partial charge on any atom is -0.334 e. The maximum absolute atomic E-state index is 13.0. The standard InChI is InChI=1S/C20H26N4O/c25-20(24(18-9-10-18)14-17-6-2-1-3-7-17)16-22-12-4-8-19(22)15-23-13-5-11-21-23/h1-3,5-7,11,13,18-19H,4,8-10,12,14-16H2/t19-/m1/s1. The summed E-state index contributed by atoms with van der Waals surface area (Å²) in [7, 11) is 0. The van der Waals surface area contributed by atoms with Crippen LogP contribution in [0.1, 0.15) is 31.2 Å². The Labute approximate surface area is 149 Å². The van der Waals surface area contributed by atoms with Crippen LogP contribution in [0.15, 0.2) is 48.8 Å². The van der Waals surface area contributed by atoms with Crippen molar-refractivity contribution in [2.75, 3.05) is 13.1 Å². The van der Waals surface area contributed by atoms with Crippen molar-refractivity contribution in [1.29, 1.82) is 0 Å². The number of carbonyl (C=O) groups excluding carboxylic acids is 1. The quantitative estimate of drug-likeness (QED) is 0.779. The molecule has 4 rings (SSSR count). The van der Waals surface area contributed by atoms with Crippen molar-refractivity contribution in [1.82, 2.24) is 19.6 Å². The van der Waals surface area contributed by atoms with Crippen molar-refractivity contribution in [3.63, 3.8) is 0 Å². The van der Waals surface area contributed by atoms with Crippen molar-refractivity contribution < 1.29 is 4.79 Å². The van der Waals surface area contributed by atoms with Gasteiger partial charge in [-0.05, 0) is 43.9 Å². The molecule has 132 valence electrons. The zero-order valence-corrected chi connectivity index (χ0v) is 14.6. The second kappa shape index (κ2) is 7.40. The first-order valence-electron chi connectivity index (χ1n) is 9.34. The summed E-state index contributed by atoms with van der Waals surface area (Å²) in [5.74, 6) is 0.277. The van der Waals surface area contributed by atoms with Gasteiger partial charge in [0, 0.05) is 31.0 Å². The van der Waals surface area contributed by atoms with Gasteiger partial charge in [0.1, 0.15) is 0 Å². The number of benzene rings is 1. The molecule has 1 aliphatic heterocycles. The van der Waals surface area contributed by atoms with Gasteiger partial charge in [0.05, 0.1) is 13.1 Å². The maximum atomic E-state index is 13.0. The lowest BCUT2D eigenvalue weighted by Crippen LogP contribution is -2.44. The largest absolute Gasteiger partial charge is 0.334 e. The van der Waals surface area contributed by atoms with Crippen LogP contribution in [-0.2, 0) is 17.9 Å². The smallest absolute Gasteiger partial charge is 0.237 e. The summed E-state index contributed by atoms with van der Waals surface area (Å²) in [5, 5.41) is 4.32. The van der Waals surface area contributed by atoms with E-state index in [0.29, 0.717) is 18.6 Å². The Balaban J connectivity index is 1.38. The van der Waals surface area contributed by atoms with Gasteiger partial charge in [-0.3, -0.25) is 14.4 Å². The number of nitrogens with zero attached hydrogens (tertiary/aromatic N) is 4. The van der Waals surface area contributed by atoms with E-state index in [1.807, 2.05) is 41.3 Å². The first-order valence-corrected chi connectivity index (χ1v) is 9.34. The van der Waals surface area contributed by atoms with Crippen LogP contribution in [0.3, 0.4) is 0 Å². The van der Waals surface area contributed by atoms with Gasteiger partial charge in [0.15, 0.2) is 0 Å². The fraction of sp³-hybridized carbons (Fsp3) is 0.500. The van der Waals surface area contributed by atoms with E-state index in [9.17, 15) is 4.79 Å². The normalized spacial score (nSPS) is 20.7. The summed E-state index contributed by atoms with van der Waals surface area (Å²) in [6.45, 7) is 3.17. The van der Waals surface area contributed by atoms with Gasteiger partial charge in [-0.25, -0.2) is 0 Å². The van der Waals surface area contributed by atoms with Crippen LogP contribution in [0, 0.1) is 0 Å². The van der Waals surface area contributed by atoms with Crippen LogP contribution in [0.2, 0.25) is 0 Å². The SMILES string of the molecule is O=C(CN1CCC[C@@H]1Cn1cccn1)N(Cc1ccccc1)C1CC1. The van der Waals surface area contributed by atoms with Gasteiger partial charge in [-0.1, -0.05) is 30.3 Å². The fourth-order valence-corrected chi connectivity index (χ4v) is 3.79. The molecule has 0 spiro atoms. The molecule has 0 unspecified atom stereocenters. The van der Waals surface area contributed by atoms with Gasteiger partial charge in [0.25, 0.3) is 0 Å². The lowest BCUT2D eigenvalue weighted by atomic mass is 10.2. The Bertz CT molecular complexity index is 681. The second-order valence-electron chi connectivity index (χ2n) is 7.23. The van der Waals surface area contributed by atoms with Crippen molar-refractivity contribution in [3.8, 4) is 0 Å². The molecule has 1 aromatic heterocycles. The first-order chi connectivity index (χ1) is 12.3. The van der Waals surface area contributed by atoms with Crippen molar-refractivity contribution in [3.05, 3.63) is 54.4 Å². The van der Waals surface area contributed by atoms with Crippen molar-refractivity contribution in [2.24, 2.45) is 0 Å². The molecular formula is C20H26N4O. The Kier molecular flexibility index (Phi) is 4.83. The summed E-state index contributed by atoms with van der Waals surface area (Å²) in [6, 6.07) is 13.2. The molecule has 2 aliphatic rings. The third kappa shape index (κ3) is 4.10. The zero-order valence-electron chi connectivity index (χ0n) is 14.6. The van der Waals surface area contributed by atoms with Crippen LogP contribution < -0.4 is 0 Å². The minimum atomic E-state index is 0.277. The highest BCUT2D eigenvalue weighted by Crippen LogP contribution is 2.29. The van der Waals surface area contributed by atoms with E-state index >= 15 is 0 Å². The third-order valence-corrected chi connectivity index (χ3v) is 5.30. The number of hydrogen-bond acceptors (Lipinski definition) is 3. The Hall–Kier alpha value is -2.14. The maximum Gasteiger partial charge on any atom is 0.237 e. The molecule has 2 fully saturated rings. The number of hydrogen-bond donors (Lipinski definition) is 0. The van der Waals surface area contributed by atoms with E-state index in [-0.39, 0.29) is 5.91 Å². The van der Waals surface area contributed by atoms with E-state index in [0.717, 1.165) is 38.9 Å². The predicted octanol–water partition coefficient (Wildman–Crippen LogP) is 2.54. The van der Waals surface area contributed by atoms with Gasteiger partial charge in [-0.2, -0.15) is 5.10 Å². The summed E-state index contributed by atoms with van der Waals surface area (Å²) in [6.07, 6.45) is 8.44. The molecular weight excluding hydrogens is 312 g/mol. The lowest BCUT2D eigenvalue weighted by Gasteiger charge is -2.28. The highest BCUT2D eigenvalue weighted by Gasteiger charge is 2.35. The third-order valence-electron chi connectivity index (χ3n) is 5.30. The highest BCUT2D eigenvalue weighted by molar-refractivity contribution is 5.79. The summed E-state index contributed by atoms with van der Waals surface area (Å²) in [5.41, 5.74) is 1.22. The lowest BCUT2D eigenvalue weighted by molar-refractivity contribution is -0.134. The molecule has 25 heavy (non-hydrogen) atoms. The minimum absolute atomic E-state index is 0.277. The van der Waals surface area contributed by atoms with E-state index in [4.69, 9.17) is 0 Å². The molecule has 0 bridgehead atoms. The average Bonchev–Trinajstić information content (AvgIpc) is 3.17. The second-order valence-corrected chi connectivity index (χ2v) is 7.23. The van der Waals surface area contributed by atoms with Crippen LogP contribution in [0.25, 0.3) is 0 Å². The molecule has 1 aliphatic carbocycles. The summed E-state index contributed by atoms with van der Waals surface area (Å²) in [4.78, 5) is 17.4. The van der Waals surface area contributed by atoms with E-state index in [1.54, 1.807) is 0 Å². The number of rotatable bonds is 7. The van der Waals surface area contributed by atoms with Crippen molar-refractivity contribution in [2.45, 2.75) is 50.9 Å². The van der Waals surface area contributed by atoms with Crippen LogP contribution in [-0.4, -0.2) is 50.7 Å². The highest BCUT2D eigenvalue weighted by atomic mass is 16.2. The van der Waals surface area contributed by atoms with Gasteiger partial charge < -0.3 is 4.90 Å². The van der Waals surface area contributed by atoms with Gasteiger partial charge >= 0.3 is 0 Å². The summed E-state index contributed by atoms with van der Waals surface area (Å²) < 4.78 is 1.98. The number of likely N-dealkylation sites (tertiary alicyclic amines) is 1. The molecule has 2 heterocycles. The molecule has 5 nitrogen and oxygen atoms in total. The van der Waals surface area contributed by atoms with E-state index < -0.39 is 0 Å². The first kappa shape index (κ1) is 16.3. The molecule has 1 saturated heterocycles. The van der Waals surface area contributed by atoms with E-state index in [1.165, 1.54) is 12.0 Å². The molecule has 1 amide bonds. The Morgan fingerprint density at radius 1 is 1.16 bits per heavy atom. The predicted molar refractivity (Wildman–Crippen MR) is 96.8 cm³/mol. The topological polar surface area (TPSA) is 41.4 Å². The Morgan fingerprint density at radius 3 is 2.72 bits per heavy atom. The van der Waals surface area contributed by atoms with Crippen molar-refractivity contribution >= 4 is 5.91 Å². The molecule has 0 radical (unpaired) electrons. The average molecular weight is 338 g/mol. The van der Waals surface area contributed by atoms with Gasteiger partial charge in [0.2, 0.25) is 5.91 Å². The van der Waals surface area contributed by atoms with E-state index in [2.05, 4.69) is 27.0 Å². The molecule has 1 atom stereocenters. The number of aromatic nitrogens is 2. The van der Waals surface area contributed by atoms with Crippen LogP contribution >= 0.6 is 0 Å². The van der Waals surface area contributed by atoms with Crippen LogP contribution in [0.5, 0.6) is 0 Å². The monoisotopic (exact) mass is 338 g/mol. The Morgan fingerprint density at radius 2 is 2.00 bits per heavy atom. The molecule has 1 saturated carbocycles. The molecule has 0 N–H and O–H groups in total. The van der Waals surface area contributed by atoms with Gasteiger partial charge in [-0.15, -0.1) is 0 Å². The number of carbonyl (C=O) groups is 1. The fourth-order valence-electron chi connectivity index (χ4n) is 3.79. The zero-order chi connectivity index (χ0) is 17.1. The molecule has 2 aromatic rings. The molecule has 1 aromatic carbocycles. The number of amides is 1.